The van der Waals surface area contributed by atoms with Crippen molar-refractivity contribution in [3.8, 4) is 44.8 Å². The minimum Gasteiger partial charge on any atom is -0.397 e. The molecule has 3 aliphatic carbocycles. The van der Waals surface area contributed by atoms with Crippen LogP contribution in [0.15, 0.2) is 182 Å². The molecule has 0 bridgehead atoms. The third-order valence-electron chi connectivity index (χ3n) is 20.1. The minimum atomic E-state index is -0.0146. The Balaban J connectivity index is 0.904. The maximum atomic E-state index is 2.95. The van der Waals surface area contributed by atoms with Crippen molar-refractivity contribution in [3.63, 3.8) is 0 Å². The van der Waals surface area contributed by atoms with Gasteiger partial charge in [0.1, 0.15) is 0 Å². The second-order valence-electron chi connectivity index (χ2n) is 23.4. The van der Waals surface area contributed by atoms with Crippen LogP contribution in [-0.4, -0.2) is 33.3 Å². The Bertz CT molecular complexity index is 4820. The van der Waals surface area contributed by atoms with Crippen LogP contribution in [0.3, 0.4) is 0 Å². The van der Waals surface area contributed by atoms with E-state index in [0.29, 0.717) is 0 Å². The van der Waals surface area contributed by atoms with Crippen molar-refractivity contribution in [1.82, 2.24) is 13.6 Å². The highest BCUT2D eigenvalue weighted by Gasteiger charge is 2.57. The molecule has 0 saturated heterocycles. The Hall–Kier alpha value is -8.47. The first-order valence-electron chi connectivity index (χ1n) is 28.2. The molecule has 8 aliphatic rings. The number of benzene rings is 9. The molecule has 12 aromatic rings. The highest BCUT2D eigenvalue weighted by molar-refractivity contribution is 6.93. The summed E-state index contributed by atoms with van der Waals surface area (Å²) in [4.78, 5) is 2.95. The number of rotatable bonds is 2. The number of fused-ring (bicyclic) bond motifs is 23. The van der Waals surface area contributed by atoms with Crippen LogP contribution in [-0.2, 0) is 25.7 Å². The van der Waals surface area contributed by atoms with Gasteiger partial charge >= 0.3 is 13.7 Å². The Kier molecular flexibility index (Phi) is 7.28. The summed E-state index contributed by atoms with van der Waals surface area (Å²) in [7, 11) is 0. The second kappa shape index (κ2) is 13.9. The summed E-state index contributed by atoms with van der Waals surface area (Å²) in [5.41, 5.74) is 35.0. The topological polar surface area (TPSA) is 18.0 Å². The highest BCUT2D eigenvalue weighted by atomic mass is 15.2. The van der Waals surface area contributed by atoms with Crippen molar-refractivity contribution >= 4 is 101 Å². The van der Waals surface area contributed by atoms with Crippen molar-refractivity contribution in [1.29, 1.82) is 0 Å². The first-order valence-corrected chi connectivity index (χ1v) is 28.2. The van der Waals surface area contributed by atoms with Crippen LogP contribution in [0.1, 0.15) is 65.1 Å². The number of allylic oxidation sites excluding steroid dienone is 2. The fourth-order valence-electron chi connectivity index (χ4n) is 17.2. The van der Waals surface area contributed by atoms with Crippen molar-refractivity contribution in [2.45, 2.75) is 63.3 Å². The number of hydrogen-bond donors (Lipinski definition) is 0. The molecule has 0 spiro atoms. The fourth-order valence-corrected chi connectivity index (χ4v) is 17.2. The van der Waals surface area contributed by atoms with E-state index in [1.54, 1.807) is 0 Å². The average molecular weight is 967 g/mol. The lowest BCUT2D eigenvalue weighted by Gasteiger charge is -2.46. The molecular weight excluding hydrogens is 918 g/mol. The average Bonchev–Trinajstić information content (AvgIpc) is 4.42. The Labute approximate surface area is 441 Å². The predicted molar refractivity (Wildman–Crippen MR) is 318 cm³/mol. The maximum Gasteiger partial charge on any atom is 0.332 e. The summed E-state index contributed by atoms with van der Waals surface area (Å²) in [6.45, 7) is -0.00552. The van der Waals surface area contributed by atoms with Gasteiger partial charge in [0, 0.05) is 61.0 Å². The predicted octanol–water partition coefficient (Wildman–Crippen LogP) is 13.2. The van der Waals surface area contributed by atoms with Gasteiger partial charge in [-0.3, -0.25) is 0 Å². The van der Waals surface area contributed by atoms with E-state index in [1.165, 1.54) is 211 Å². The molecule has 3 aromatic heterocycles. The van der Waals surface area contributed by atoms with E-state index in [2.05, 4.69) is 200 Å². The molecule has 0 radical (unpaired) electrons. The quantitative estimate of drug-likeness (QED) is 0.158. The van der Waals surface area contributed by atoms with Crippen LogP contribution in [0.4, 0.5) is 5.69 Å². The number of hydrogen-bond acceptors (Lipinski definition) is 1. The zero-order chi connectivity index (χ0) is 48.8. The molecule has 6 heteroatoms. The fraction of sp³-hybridized carbons (Fsp3) is 0.143. The van der Waals surface area contributed by atoms with Crippen molar-refractivity contribution < 1.29 is 0 Å². The van der Waals surface area contributed by atoms with E-state index in [9.17, 15) is 0 Å². The van der Waals surface area contributed by atoms with Gasteiger partial charge in [-0.1, -0.05) is 146 Å². The van der Waals surface area contributed by atoms with Gasteiger partial charge in [0.05, 0.1) is 33.8 Å². The molecule has 354 valence electrons. The maximum absolute atomic E-state index is 2.95. The Morgan fingerprint density at radius 2 is 0.987 bits per heavy atom. The van der Waals surface area contributed by atoms with E-state index >= 15 is 0 Å². The first kappa shape index (κ1) is 39.9. The lowest BCUT2D eigenvalue weighted by atomic mass is 9.43. The number of nitrogens with zero attached hydrogens (tertiary/aromatic N) is 4. The van der Waals surface area contributed by atoms with E-state index in [1.807, 2.05) is 0 Å². The van der Waals surface area contributed by atoms with Gasteiger partial charge in [-0.2, -0.15) is 0 Å². The molecular formula is C70H48B2N4. The zero-order valence-corrected chi connectivity index (χ0v) is 42.1. The molecule has 9 aromatic carbocycles. The van der Waals surface area contributed by atoms with E-state index in [4.69, 9.17) is 0 Å². The van der Waals surface area contributed by atoms with Crippen molar-refractivity contribution in [2.75, 3.05) is 4.81 Å². The monoisotopic (exact) mass is 966 g/mol. The molecule has 0 N–H and O–H groups in total. The summed E-state index contributed by atoms with van der Waals surface area (Å²) < 4.78 is 8.19. The third-order valence-corrected chi connectivity index (χ3v) is 20.1. The number of aryl methyl sites for hydroxylation is 4. The molecule has 0 amide bonds. The molecule has 0 saturated carbocycles. The van der Waals surface area contributed by atoms with Crippen molar-refractivity contribution in [3.05, 3.63) is 216 Å². The van der Waals surface area contributed by atoms with Crippen LogP contribution in [0.2, 0.25) is 0 Å². The van der Waals surface area contributed by atoms with Crippen LogP contribution in [0, 0.1) is 0 Å². The molecule has 0 fully saturated rings. The zero-order valence-electron chi connectivity index (χ0n) is 42.1. The lowest BCUT2D eigenvalue weighted by Crippen LogP contribution is -2.66. The molecule has 2 unspecified atom stereocenters. The highest BCUT2D eigenvalue weighted by Crippen LogP contribution is 2.59. The van der Waals surface area contributed by atoms with Gasteiger partial charge < -0.3 is 18.4 Å². The third kappa shape index (κ3) is 4.60. The van der Waals surface area contributed by atoms with Gasteiger partial charge in [0.2, 0.25) is 0 Å². The second-order valence-corrected chi connectivity index (χ2v) is 23.4. The van der Waals surface area contributed by atoms with Gasteiger partial charge in [0.25, 0.3) is 0 Å². The summed E-state index contributed by atoms with van der Waals surface area (Å²) in [6.07, 6.45) is 17.3. The van der Waals surface area contributed by atoms with Crippen molar-refractivity contribution in [2.24, 2.45) is 0 Å². The van der Waals surface area contributed by atoms with Crippen LogP contribution in [0.5, 0.6) is 0 Å². The smallest absolute Gasteiger partial charge is 0.332 e. The molecule has 5 aliphatic heterocycles. The normalized spacial score (nSPS) is 18.3. The number of aromatic nitrogens is 3. The number of anilines is 1. The summed E-state index contributed by atoms with van der Waals surface area (Å²) in [5, 5.41) is 6.81. The SMILES string of the molecule is C1=CC2c3c(c4cccc5c4n3B3c4ccccc4-n4c6ccccc6c6c(-c7ccc8c(c7)CCCC8)cc-5c3c64)N3B4c5ccccc5-n5c6ccccc6c6c(-c7ccc8c(c7)CCCC8)cc(c4c65)C(=C1)C23. The Morgan fingerprint density at radius 3 is 1.64 bits per heavy atom. The van der Waals surface area contributed by atoms with Gasteiger partial charge in [-0.25, -0.2) is 0 Å². The lowest BCUT2D eigenvalue weighted by molar-refractivity contribution is 0.686. The summed E-state index contributed by atoms with van der Waals surface area (Å²) >= 11 is 0. The van der Waals surface area contributed by atoms with E-state index in [0.717, 1.165) is 6.42 Å². The molecule has 8 heterocycles. The molecule has 76 heavy (non-hydrogen) atoms. The van der Waals surface area contributed by atoms with Crippen LogP contribution >= 0.6 is 0 Å². The minimum absolute atomic E-state index is 0.00909. The largest absolute Gasteiger partial charge is 0.397 e. The van der Waals surface area contributed by atoms with E-state index in [-0.39, 0.29) is 25.7 Å². The van der Waals surface area contributed by atoms with Crippen LogP contribution < -0.4 is 26.7 Å². The molecule has 20 rings (SSSR count). The summed E-state index contributed by atoms with van der Waals surface area (Å²) in [5.74, 6) is 0.137. The Morgan fingerprint density at radius 1 is 0.434 bits per heavy atom. The standard InChI is InChI=1S/C70H48B2N4/c1-3-17-41-35-43(33-31-39(41)15-1)51-37-53-45-21-13-23-49-65(45)75(71-55-25-7-11-29-59(55)73-57-27-9-5-19-47(57)61(51)69(73)63(53)71)68-50-24-14-22-46-54-38-52(44-34-32-40-16-2-4-18-42(40)36-44)62-48-20-6-10-28-58(48)74-60-30-12-8-26-56(60)72(64(54)70(62)74)76(66(46)50)67(49)68/h5-14,19-38,49,65H,1-4,15-18H2. The number of para-hydroxylation sites is 5. The van der Waals surface area contributed by atoms with Crippen LogP contribution in [0.25, 0.3) is 105 Å². The van der Waals surface area contributed by atoms with Gasteiger partial charge in [0.15, 0.2) is 0 Å². The summed E-state index contributed by atoms with van der Waals surface area (Å²) in [6, 6.07) is 65.0. The first-order chi connectivity index (χ1) is 37.8. The molecule has 2 atom stereocenters. The van der Waals surface area contributed by atoms with Gasteiger partial charge in [-0.15, -0.1) is 0 Å². The van der Waals surface area contributed by atoms with Gasteiger partial charge in [-0.05, 0) is 171 Å². The van der Waals surface area contributed by atoms with E-state index < -0.39 is 0 Å². The molecule has 4 nitrogen and oxygen atoms in total.